The monoisotopic (exact) mass is 335 g/mol. The van der Waals surface area contributed by atoms with E-state index < -0.39 is 0 Å². The van der Waals surface area contributed by atoms with Crippen LogP contribution in [0.5, 0.6) is 0 Å². The number of aliphatic hydroxyl groups excluding tert-OH is 1. The Balaban J connectivity index is 1.82. The number of rotatable bonds is 4. The van der Waals surface area contributed by atoms with Gasteiger partial charge in [-0.05, 0) is 22.7 Å². The van der Waals surface area contributed by atoms with Gasteiger partial charge in [0.1, 0.15) is 5.02 Å². The zero-order chi connectivity index (χ0) is 15.5. The molecule has 3 N–H and O–H groups in total. The third kappa shape index (κ3) is 3.19. The second-order valence-electron chi connectivity index (χ2n) is 4.48. The van der Waals surface area contributed by atoms with Crippen molar-refractivity contribution in [3.05, 3.63) is 52.4 Å². The maximum atomic E-state index is 9.05. The van der Waals surface area contributed by atoms with Crippen LogP contribution in [0.4, 0.5) is 11.6 Å². The predicted molar refractivity (Wildman–Crippen MR) is 85.3 cm³/mol. The standard InChI is InChI=1S/C14H11Cl2N5O/c15-10-6-17-14(16)19-13(10)18-12-5-11(20-21-12)9-3-1-8(7-22)2-4-9/h1-6,22H,7H2,(H2,17,18,19,20,21). The minimum atomic E-state index is 0.0169. The molecule has 0 fully saturated rings. The Morgan fingerprint density at radius 2 is 1.95 bits per heavy atom. The molecule has 0 radical (unpaired) electrons. The lowest BCUT2D eigenvalue weighted by atomic mass is 10.1. The summed E-state index contributed by atoms with van der Waals surface area (Å²) in [6, 6.07) is 9.32. The average Bonchev–Trinajstić information content (AvgIpc) is 2.99. The van der Waals surface area contributed by atoms with Crippen molar-refractivity contribution in [2.45, 2.75) is 6.61 Å². The minimum absolute atomic E-state index is 0.0169. The summed E-state index contributed by atoms with van der Waals surface area (Å²) in [5.41, 5.74) is 2.62. The molecule has 3 aromatic rings. The van der Waals surface area contributed by atoms with Crippen molar-refractivity contribution in [1.29, 1.82) is 0 Å². The number of hydrogen-bond acceptors (Lipinski definition) is 5. The van der Waals surface area contributed by atoms with Gasteiger partial charge in [0.05, 0.1) is 18.5 Å². The Hall–Kier alpha value is -2.15. The van der Waals surface area contributed by atoms with Gasteiger partial charge in [-0.25, -0.2) is 4.98 Å². The first-order chi connectivity index (χ1) is 10.7. The van der Waals surface area contributed by atoms with Crippen LogP contribution in [0.25, 0.3) is 11.3 Å². The van der Waals surface area contributed by atoms with Crippen LogP contribution in [0.2, 0.25) is 10.3 Å². The maximum Gasteiger partial charge on any atom is 0.224 e. The van der Waals surface area contributed by atoms with Crippen molar-refractivity contribution in [2.24, 2.45) is 0 Å². The Morgan fingerprint density at radius 1 is 1.18 bits per heavy atom. The first-order valence-electron chi connectivity index (χ1n) is 6.36. The van der Waals surface area contributed by atoms with Crippen molar-refractivity contribution in [2.75, 3.05) is 5.32 Å². The number of hydrogen-bond donors (Lipinski definition) is 3. The Bertz CT molecular complexity index is 788. The highest BCUT2D eigenvalue weighted by molar-refractivity contribution is 6.33. The van der Waals surface area contributed by atoms with E-state index in [1.807, 2.05) is 30.3 Å². The summed E-state index contributed by atoms with van der Waals surface area (Å²) in [4.78, 5) is 7.79. The second kappa shape index (κ2) is 6.31. The first kappa shape index (κ1) is 14.8. The lowest BCUT2D eigenvalue weighted by molar-refractivity contribution is 0.282. The molecule has 0 amide bonds. The molecule has 112 valence electrons. The topological polar surface area (TPSA) is 86.7 Å². The van der Waals surface area contributed by atoms with E-state index in [2.05, 4.69) is 25.5 Å². The molecule has 0 aliphatic carbocycles. The van der Waals surface area contributed by atoms with Gasteiger partial charge in [-0.1, -0.05) is 35.9 Å². The van der Waals surface area contributed by atoms with Crippen LogP contribution in [-0.4, -0.2) is 25.3 Å². The fourth-order valence-electron chi connectivity index (χ4n) is 1.88. The predicted octanol–water partition coefficient (Wildman–Crippen LogP) is 3.41. The number of aromatic nitrogens is 4. The van der Waals surface area contributed by atoms with E-state index in [-0.39, 0.29) is 11.9 Å². The fraction of sp³-hybridized carbons (Fsp3) is 0.0714. The summed E-state index contributed by atoms with van der Waals surface area (Å²) in [7, 11) is 0. The van der Waals surface area contributed by atoms with E-state index in [0.29, 0.717) is 16.7 Å². The van der Waals surface area contributed by atoms with Crippen LogP contribution in [-0.2, 0) is 6.61 Å². The van der Waals surface area contributed by atoms with Gasteiger partial charge >= 0.3 is 0 Å². The van der Waals surface area contributed by atoms with E-state index in [1.54, 1.807) is 0 Å². The van der Waals surface area contributed by atoms with Crippen LogP contribution in [0.3, 0.4) is 0 Å². The number of aromatic amines is 1. The number of aliphatic hydroxyl groups is 1. The van der Waals surface area contributed by atoms with Gasteiger partial charge < -0.3 is 10.4 Å². The van der Waals surface area contributed by atoms with Crippen LogP contribution in [0, 0.1) is 0 Å². The summed E-state index contributed by atoms with van der Waals surface area (Å²) < 4.78 is 0. The molecule has 0 aliphatic rings. The Labute approximate surface area is 136 Å². The minimum Gasteiger partial charge on any atom is -0.392 e. The van der Waals surface area contributed by atoms with Crippen molar-refractivity contribution < 1.29 is 5.11 Å². The van der Waals surface area contributed by atoms with Gasteiger partial charge in [0.2, 0.25) is 5.28 Å². The molecule has 0 saturated carbocycles. The van der Waals surface area contributed by atoms with Crippen molar-refractivity contribution in [3.8, 4) is 11.3 Å². The van der Waals surface area contributed by atoms with Crippen LogP contribution >= 0.6 is 23.2 Å². The summed E-state index contributed by atoms with van der Waals surface area (Å²) in [5.74, 6) is 0.938. The number of anilines is 2. The highest BCUT2D eigenvalue weighted by Gasteiger charge is 2.08. The summed E-state index contributed by atoms with van der Waals surface area (Å²) in [6.45, 7) is 0.0169. The molecule has 6 nitrogen and oxygen atoms in total. The smallest absolute Gasteiger partial charge is 0.224 e. The second-order valence-corrected chi connectivity index (χ2v) is 5.23. The normalized spacial score (nSPS) is 10.7. The van der Waals surface area contributed by atoms with Crippen LogP contribution in [0.15, 0.2) is 36.5 Å². The molecule has 2 aromatic heterocycles. The molecule has 3 rings (SSSR count). The lowest BCUT2D eigenvalue weighted by Gasteiger charge is -2.03. The molecule has 1 aromatic carbocycles. The van der Waals surface area contributed by atoms with E-state index in [4.69, 9.17) is 28.3 Å². The molecule has 0 spiro atoms. The third-order valence-corrected chi connectivity index (χ3v) is 3.45. The highest BCUT2D eigenvalue weighted by atomic mass is 35.5. The molecule has 0 atom stereocenters. The Kier molecular flexibility index (Phi) is 4.24. The molecular formula is C14H11Cl2N5O. The maximum absolute atomic E-state index is 9.05. The summed E-state index contributed by atoms with van der Waals surface area (Å²) in [6.07, 6.45) is 1.42. The van der Waals surface area contributed by atoms with Gasteiger partial charge in [0.25, 0.3) is 0 Å². The quantitative estimate of drug-likeness (QED) is 0.636. The molecule has 8 heteroatoms. The zero-order valence-electron chi connectivity index (χ0n) is 11.2. The van der Waals surface area contributed by atoms with Gasteiger partial charge in [0, 0.05) is 6.07 Å². The van der Waals surface area contributed by atoms with Crippen molar-refractivity contribution in [1.82, 2.24) is 20.2 Å². The zero-order valence-corrected chi connectivity index (χ0v) is 12.7. The van der Waals surface area contributed by atoms with Crippen LogP contribution in [0.1, 0.15) is 5.56 Å². The largest absolute Gasteiger partial charge is 0.392 e. The van der Waals surface area contributed by atoms with E-state index >= 15 is 0 Å². The molecule has 0 saturated heterocycles. The number of halogens is 2. The molecular weight excluding hydrogens is 325 g/mol. The average molecular weight is 336 g/mol. The van der Waals surface area contributed by atoms with E-state index in [9.17, 15) is 0 Å². The molecule has 22 heavy (non-hydrogen) atoms. The first-order valence-corrected chi connectivity index (χ1v) is 7.12. The number of benzene rings is 1. The van der Waals surface area contributed by atoms with Gasteiger partial charge in [-0.3, -0.25) is 5.10 Å². The van der Waals surface area contributed by atoms with E-state index in [1.165, 1.54) is 6.20 Å². The SMILES string of the molecule is OCc1ccc(-c2cc(Nc3nc(Cl)ncc3Cl)n[nH]2)cc1. The van der Waals surface area contributed by atoms with Gasteiger partial charge in [0.15, 0.2) is 11.6 Å². The van der Waals surface area contributed by atoms with E-state index in [0.717, 1.165) is 16.8 Å². The molecule has 2 heterocycles. The van der Waals surface area contributed by atoms with Gasteiger partial charge in [-0.2, -0.15) is 10.1 Å². The fourth-order valence-corrected chi connectivity index (χ4v) is 2.15. The van der Waals surface area contributed by atoms with Crippen LogP contribution < -0.4 is 5.32 Å². The number of nitrogens with one attached hydrogen (secondary N) is 2. The Morgan fingerprint density at radius 3 is 2.68 bits per heavy atom. The molecule has 0 unspecified atom stereocenters. The molecule has 0 bridgehead atoms. The summed E-state index contributed by atoms with van der Waals surface area (Å²) >= 11 is 11.7. The van der Waals surface area contributed by atoms with Crippen molar-refractivity contribution in [3.63, 3.8) is 0 Å². The van der Waals surface area contributed by atoms with Gasteiger partial charge in [-0.15, -0.1) is 0 Å². The summed E-state index contributed by atoms with van der Waals surface area (Å²) in [5, 5.41) is 19.5. The number of H-pyrrole nitrogens is 1. The van der Waals surface area contributed by atoms with Crippen molar-refractivity contribution >= 4 is 34.8 Å². The molecule has 0 aliphatic heterocycles. The number of nitrogens with zero attached hydrogens (tertiary/aromatic N) is 3. The lowest BCUT2D eigenvalue weighted by Crippen LogP contribution is -1.96. The third-order valence-electron chi connectivity index (χ3n) is 2.99. The highest BCUT2D eigenvalue weighted by Crippen LogP contribution is 2.25.